The molecular weight excluding hydrogens is 469 g/mol. The molecule has 0 spiro atoms. The van der Waals surface area contributed by atoms with Gasteiger partial charge in [-0.2, -0.15) is 0 Å². The third kappa shape index (κ3) is 4.04. The van der Waals surface area contributed by atoms with Gasteiger partial charge in [0.15, 0.2) is 6.20 Å². The number of benzene rings is 4. The highest BCUT2D eigenvalue weighted by Gasteiger charge is 2.35. The summed E-state index contributed by atoms with van der Waals surface area (Å²) in [7, 11) is 2.10. The third-order valence-corrected chi connectivity index (χ3v) is 7.73. The maximum Gasteiger partial charge on any atom is 0.228 e. The molecule has 0 aliphatic carbocycles. The number of nitrogens with zero attached hydrogens (tertiary/aromatic N) is 1. The molecule has 5 aromatic rings. The zero-order valence-electron chi connectivity index (χ0n) is 23.8. The maximum absolute atomic E-state index is 14.5. The summed E-state index contributed by atoms with van der Waals surface area (Å²) >= 11 is 0. The van der Waals surface area contributed by atoms with Gasteiger partial charge in [-0.1, -0.05) is 65.8 Å². The fourth-order valence-electron chi connectivity index (χ4n) is 6.25. The topological polar surface area (TPSA) is 13.1 Å². The Bertz CT molecular complexity index is 1780. The molecule has 0 amide bonds. The second-order valence-corrected chi connectivity index (χ2v) is 13.6. The van der Waals surface area contributed by atoms with Crippen LogP contribution in [0.5, 0.6) is 11.5 Å². The summed E-state index contributed by atoms with van der Waals surface area (Å²) < 4.78 is 23.7. The van der Waals surface area contributed by atoms with Gasteiger partial charge in [-0.25, -0.2) is 8.96 Å². The Labute approximate surface area is 225 Å². The van der Waals surface area contributed by atoms with Gasteiger partial charge in [-0.15, -0.1) is 0 Å². The van der Waals surface area contributed by atoms with E-state index in [0.29, 0.717) is 0 Å². The third-order valence-electron chi connectivity index (χ3n) is 7.73. The molecule has 6 rings (SSSR count). The van der Waals surface area contributed by atoms with Crippen LogP contribution in [0.2, 0.25) is 0 Å². The molecule has 0 atom stereocenters. The van der Waals surface area contributed by atoms with Crippen LogP contribution in [0.15, 0.2) is 54.7 Å². The van der Waals surface area contributed by atoms with Gasteiger partial charge in [0.05, 0.1) is 10.9 Å². The summed E-state index contributed by atoms with van der Waals surface area (Å²) in [6, 6.07) is 16.3. The van der Waals surface area contributed by atoms with Crippen molar-refractivity contribution in [2.24, 2.45) is 17.9 Å². The lowest BCUT2D eigenvalue weighted by atomic mass is 9.80. The molecule has 1 aromatic heterocycles. The predicted molar refractivity (Wildman–Crippen MR) is 157 cm³/mol. The number of fused-ring (bicyclic) bond motifs is 5. The lowest BCUT2D eigenvalue weighted by Gasteiger charge is -2.29. The molecule has 194 valence electrons. The van der Waals surface area contributed by atoms with Gasteiger partial charge in [0.1, 0.15) is 24.4 Å². The van der Waals surface area contributed by atoms with Crippen molar-refractivity contribution in [1.29, 1.82) is 0 Å². The van der Waals surface area contributed by atoms with Crippen LogP contribution in [0.1, 0.15) is 58.2 Å². The fourth-order valence-corrected chi connectivity index (χ4v) is 6.25. The van der Waals surface area contributed by atoms with Crippen LogP contribution in [-0.2, 0) is 19.9 Å². The molecule has 38 heavy (non-hydrogen) atoms. The lowest BCUT2D eigenvalue weighted by molar-refractivity contribution is -0.659. The smallest absolute Gasteiger partial charge is 0.228 e. The van der Waals surface area contributed by atoms with E-state index in [9.17, 15) is 4.39 Å². The Morgan fingerprint density at radius 1 is 0.763 bits per heavy atom. The van der Waals surface area contributed by atoms with Crippen LogP contribution in [0, 0.1) is 23.6 Å². The van der Waals surface area contributed by atoms with E-state index in [1.54, 1.807) is 6.07 Å². The average molecular weight is 507 g/mol. The molecule has 2 nitrogen and oxygen atoms in total. The van der Waals surface area contributed by atoms with E-state index in [1.165, 1.54) is 33.5 Å². The van der Waals surface area contributed by atoms with Crippen molar-refractivity contribution < 1.29 is 13.7 Å². The first kappa shape index (κ1) is 24.9. The van der Waals surface area contributed by atoms with Crippen LogP contribution in [0.25, 0.3) is 43.6 Å². The van der Waals surface area contributed by atoms with Gasteiger partial charge in [-0.05, 0) is 81.5 Å². The normalized spacial score (nSPS) is 13.3. The largest absolute Gasteiger partial charge is 0.455 e. The summed E-state index contributed by atoms with van der Waals surface area (Å²) in [5.41, 5.74) is 6.38. The second-order valence-electron chi connectivity index (χ2n) is 13.6. The summed E-state index contributed by atoms with van der Waals surface area (Å²) in [6.45, 7) is 15.9. The molecule has 3 heteroatoms. The quantitative estimate of drug-likeness (QED) is 0.168. The van der Waals surface area contributed by atoms with Gasteiger partial charge in [0.2, 0.25) is 5.69 Å². The number of halogens is 1. The molecule has 0 saturated heterocycles. The number of aromatic nitrogens is 1. The fraction of sp³-hybridized carbons (Fsp3) is 0.343. The first-order chi connectivity index (χ1) is 17.8. The Morgan fingerprint density at radius 2 is 1.50 bits per heavy atom. The highest BCUT2D eigenvalue weighted by Crippen LogP contribution is 2.53. The van der Waals surface area contributed by atoms with Crippen molar-refractivity contribution in [3.63, 3.8) is 0 Å². The van der Waals surface area contributed by atoms with Crippen molar-refractivity contribution in [3.05, 3.63) is 77.2 Å². The summed E-state index contributed by atoms with van der Waals surface area (Å²) in [6.07, 6.45) is 4.03. The summed E-state index contributed by atoms with van der Waals surface area (Å²) in [4.78, 5) is 0. The van der Waals surface area contributed by atoms with Crippen molar-refractivity contribution >= 4 is 32.3 Å². The Kier molecular flexibility index (Phi) is 5.41. The van der Waals surface area contributed by atoms with E-state index in [-0.39, 0.29) is 16.6 Å². The van der Waals surface area contributed by atoms with Crippen LogP contribution in [-0.4, -0.2) is 0 Å². The van der Waals surface area contributed by atoms with E-state index in [4.69, 9.17) is 4.74 Å². The lowest BCUT2D eigenvalue weighted by Crippen LogP contribution is -2.32. The monoisotopic (exact) mass is 506 g/mol. The Hall–Kier alpha value is -3.46. The molecule has 0 bridgehead atoms. The van der Waals surface area contributed by atoms with Gasteiger partial charge >= 0.3 is 0 Å². The molecule has 0 N–H and O–H groups in total. The Balaban J connectivity index is 1.77. The van der Waals surface area contributed by atoms with Gasteiger partial charge in [0, 0.05) is 17.0 Å². The minimum Gasteiger partial charge on any atom is -0.455 e. The van der Waals surface area contributed by atoms with E-state index >= 15 is 0 Å². The van der Waals surface area contributed by atoms with Crippen molar-refractivity contribution in [3.8, 4) is 22.8 Å². The van der Waals surface area contributed by atoms with Gasteiger partial charge < -0.3 is 4.74 Å². The van der Waals surface area contributed by atoms with E-state index in [0.717, 1.165) is 57.1 Å². The molecular formula is C35H37FNO+. The average Bonchev–Trinajstić information content (AvgIpc) is 2.82. The SMILES string of the molecule is Cc1c2c(c(CC(C)(C)C)c3ccc(CC(C)(C)C)cc13)Oc1c3cc(F)ccc3cc3cc[n+](C)c-2c13. The number of aryl methyl sites for hydroxylation is 2. The first-order valence-corrected chi connectivity index (χ1v) is 13.6. The standard InChI is InChI=1S/C35H37FNO/c1-20-26-15-21(18-34(2,3)4)9-12-25(26)28(19-35(5,6)7)33-29(20)31-30-23(13-14-37(31)8)16-22-10-11-24(36)17-27(22)32(30)38-33/h9-17H,18-19H2,1-8H3/q+1. The zero-order chi connectivity index (χ0) is 27.1. The number of hydrogen-bond donors (Lipinski definition) is 0. The van der Waals surface area contributed by atoms with Crippen LogP contribution < -0.4 is 9.30 Å². The van der Waals surface area contributed by atoms with Crippen molar-refractivity contribution in [2.75, 3.05) is 0 Å². The Morgan fingerprint density at radius 3 is 2.21 bits per heavy atom. The van der Waals surface area contributed by atoms with Crippen LogP contribution in [0.4, 0.5) is 4.39 Å². The van der Waals surface area contributed by atoms with E-state index in [1.807, 2.05) is 6.07 Å². The zero-order valence-corrected chi connectivity index (χ0v) is 23.8. The maximum atomic E-state index is 14.5. The van der Waals surface area contributed by atoms with Crippen LogP contribution >= 0.6 is 0 Å². The highest BCUT2D eigenvalue weighted by atomic mass is 19.1. The van der Waals surface area contributed by atoms with E-state index < -0.39 is 0 Å². The highest BCUT2D eigenvalue weighted by molar-refractivity contribution is 6.13. The number of ether oxygens (including phenoxy) is 1. The number of hydrogen-bond acceptors (Lipinski definition) is 1. The molecule has 0 unspecified atom stereocenters. The molecule has 1 aliphatic rings. The van der Waals surface area contributed by atoms with Crippen LogP contribution in [0.3, 0.4) is 0 Å². The predicted octanol–water partition coefficient (Wildman–Crippen LogP) is 9.37. The number of pyridine rings is 1. The van der Waals surface area contributed by atoms with Gasteiger partial charge in [0.25, 0.3) is 0 Å². The molecule has 1 aliphatic heterocycles. The molecule has 2 heterocycles. The minimum absolute atomic E-state index is 0.0583. The molecule has 4 aromatic carbocycles. The molecule has 0 fully saturated rings. The van der Waals surface area contributed by atoms with E-state index in [2.05, 4.69) is 96.6 Å². The second kappa shape index (κ2) is 8.27. The molecule has 0 radical (unpaired) electrons. The first-order valence-electron chi connectivity index (χ1n) is 13.6. The number of rotatable bonds is 2. The summed E-state index contributed by atoms with van der Waals surface area (Å²) in [5.74, 6) is 1.43. The van der Waals surface area contributed by atoms with Crippen molar-refractivity contribution in [1.82, 2.24) is 0 Å². The van der Waals surface area contributed by atoms with Crippen molar-refractivity contribution in [2.45, 2.75) is 61.3 Å². The summed E-state index contributed by atoms with van der Waals surface area (Å²) in [5, 5.41) is 6.50. The molecule has 0 saturated carbocycles. The minimum atomic E-state index is -0.250. The van der Waals surface area contributed by atoms with Gasteiger partial charge in [-0.3, -0.25) is 0 Å².